The van der Waals surface area contributed by atoms with Crippen LogP contribution in [0.5, 0.6) is 0 Å². The Labute approximate surface area is 828 Å². The van der Waals surface area contributed by atoms with Gasteiger partial charge in [-0.2, -0.15) is 26.3 Å². The Bertz CT molecular complexity index is 10900. The summed E-state index contributed by atoms with van der Waals surface area (Å²) < 4.78 is 21.1. The second-order valence-corrected chi connectivity index (χ2v) is 36.8. The summed E-state index contributed by atoms with van der Waals surface area (Å²) >= 11 is 0. The molecule has 0 atom stereocenters. The third-order valence-corrected chi connectivity index (χ3v) is 29.4. The Balaban J connectivity index is 0.000000106. The number of aromatic nitrogens is 9. The molecule has 0 aliphatic rings. The lowest BCUT2D eigenvalue weighted by Crippen LogP contribution is -1.99. The number of nitrogens with zero attached hydrogens (tertiary/aromatic N) is 14. The van der Waals surface area contributed by atoms with Crippen molar-refractivity contribution in [2.24, 2.45) is 0 Å². The van der Waals surface area contributed by atoms with Crippen molar-refractivity contribution in [1.82, 2.24) is 41.1 Å². The zero-order chi connectivity index (χ0) is 96.3. The van der Waals surface area contributed by atoms with Gasteiger partial charge in [-0.25, -0.2) is 0 Å². The zero-order valence-corrected chi connectivity index (χ0v) is 77.6. The molecular weight excluding hydrogens is 1770 g/mol. The first-order chi connectivity index (χ1) is 71.8. The fraction of sp³-hybridized carbons (Fsp3) is 0. The summed E-state index contributed by atoms with van der Waals surface area (Å²) in [6, 6.07) is 172. The number of fused-ring (bicyclic) bond motifs is 33. The quantitative estimate of drug-likeness (QED) is 0.140. The van der Waals surface area contributed by atoms with Gasteiger partial charge in [-0.1, -0.05) is 243 Å². The van der Waals surface area contributed by atoms with Crippen LogP contribution in [0.4, 0.5) is 0 Å². The van der Waals surface area contributed by atoms with Crippen molar-refractivity contribution >= 4 is 196 Å². The molecule has 0 saturated carbocycles. The molecule has 30 rings (SSSR count). The van der Waals surface area contributed by atoms with Gasteiger partial charge in [-0.05, 0) is 218 Å². The molecular formula is C131H76N14. The van der Waals surface area contributed by atoms with Gasteiger partial charge in [0.1, 0.15) is 12.1 Å². The van der Waals surface area contributed by atoms with E-state index in [-0.39, 0.29) is 0 Å². The van der Waals surface area contributed by atoms with Gasteiger partial charge < -0.3 is 41.1 Å². The first kappa shape index (κ1) is 82.5. The van der Waals surface area contributed by atoms with Crippen molar-refractivity contribution in [3.63, 3.8) is 0 Å². The second kappa shape index (κ2) is 32.7. The number of benzene rings is 21. The van der Waals surface area contributed by atoms with Gasteiger partial charge in [0.2, 0.25) is 0 Å². The molecule has 0 amide bonds. The fourth-order valence-electron chi connectivity index (χ4n) is 23.6. The van der Waals surface area contributed by atoms with Crippen LogP contribution >= 0.6 is 0 Å². The summed E-state index contributed by atoms with van der Waals surface area (Å²) in [5.41, 5.74) is 32.1. The molecule has 9 aromatic heterocycles. The molecule has 0 radical (unpaired) electrons. The van der Waals surface area contributed by atoms with Crippen molar-refractivity contribution in [2.45, 2.75) is 0 Å². The largest absolute Gasteiger partial charge is 0.309 e. The number of nitriles is 5. The SMILES string of the molecule is N#Cc1ccc(-n2c3ccccc3c3c2ccc2c4ccc5c(c6ccccc6n5-c5ccccc5)c4n(-c4ccc(C#N)cc4)c23)cc1.N#Cc1ccc(-n2c3ccccc3c3c2ccc2c4ccc5c(c6ccccc6n5-c5ccccc5)c4n(-c4ccccc4)c23)cc1.N#Cc1ccccc1-n1c2c(ccc3c2c2ccccc2n3-c2ccccc2)c2cc(C#N)c3c(c4ccccc4n3-c3ccccc3)c21. The van der Waals surface area contributed by atoms with Crippen LogP contribution in [0.3, 0.4) is 0 Å². The fourth-order valence-corrected chi connectivity index (χ4v) is 23.6. The Kier molecular flexibility index (Phi) is 18.6. The summed E-state index contributed by atoms with van der Waals surface area (Å²) in [4.78, 5) is 0. The normalized spacial score (nSPS) is 11.7. The number of hydrogen-bond acceptors (Lipinski definition) is 5. The van der Waals surface area contributed by atoms with Gasteiger partial charge in [0, 0.05) is 142 Å². The second-order valence-electron chi connectivity index (χ2n) is 36.8. The van der Waals surface area contributed by atoms with Crippen molar-refractivity contribution in [2.75, 3.05) is 0 Å². The molecule has 0 aliphatic heterocycles. The molecule has 0 saturated heterocycles. The van der Waals surface area contributed by atoms with Crippen LogP contribution in [0.1, 0.15) is 27.8 Å². The van der Waals surface area contributed by atoms with Crippen molar-refractivity contribution in [3.05, 3.63) is 489 Å². The molecule has 145 heavy (non-hydrogen) atoms. The van der Waals surface area contributed by atoms with Gasteiger partial charge >= 0.3 is 0 Å². The van der Waals surface area contributed by atoms with E-state index < -0.39 is 0 Å². The Morgan fingerprint density at radius 2 is 0.352 bits per heavy atom. The standard InChI is InChI=1S/2C44H25N5.C43H26N4/c45-26-28-13-7-10-20-36(28)49-43-32(23-24-39-40(43)33-18-8-11-21-37(33)47(39)30-14-3-1-4-15-30)35-25-29(27-46)42-41(44(35)49)34-19-9-12-22-38(34)48(42)31-16-5-2-6-17-31;45-26-28-14-18-31(19-15-28)48-38-13-7-5-11-36(38)42-40(48)25-23-34-33-22-24-39-41(43(33)49(44(34)42)32-20-16-29(27-46)17-21-32)35-10-4-6-12-37(35)47(39)30-8-2-1-3-9-30;44-27-28-19-21-31(22-20-28)46-37-18-10-8-16-35(37)41-39(46)26-24-33-32-23-25-38-40(42(32)47(43(33)41)30-13-5-2-6-14-30)34-15-7-9-17-36(34)45(38)29-11-3-1-4-12-29/h2*1-25H;1-26H. The van der Waals surface area contributed by atoms with Crippen LogP contribution in [0.2, 0.25) is 0 Å². The molecule has 0 aliphatic carbocycles. The number of para-hydroxylation sites is 12. The lowest BCUT2D eigenvalue weighted by atomic mass is 10.0. The van der Waals surface area contributed by atoms with Gasteiger partial charge in [0.25, 0.3) is 0 Å². The van der Waals surface area contributed by atoms with Crippen molar-refractivity contribution < 1.29 is 0 Å². The zero-order valence-electron chi connectivity index (χ0n) is 77.6. The van der Waals surface area contributed by atoms with Gasteiger partial charge in [-0.3, -0.25) is 0 Å². The third-order valence-electron chi connectivity index (χ3n) is 29.4. The molecule has 9 heterocycles. The highest BCUT2D eigenvalue weighted by molar-refractivity contribution is 6.36. The molecule has 14 heteroatoms. The van der Waals surface area contributed by atoms with Crippen LogP contribution in [0, 0.1) is 56.7 Å². The van der Waals surface area contributed by atoms with E-state index in [1.807, 2.05) is 121 Å². The van der Waals surface area contributed by atoms with E-state index >= 15 is 0 Å². The van der Waals surface area contributed by atoms with Crippen molar-refractivity contribution in [1.29, 1.82) is 26.3 Å². The maximum absolute atomic E-state index is 10.8. The highest BCUT2D eigenvalue weighted by Crippen LogP contribution is 2.53. The molecule has 14 nitrogen and oxygen atoms in total. The van der Waals surface area contributed by atoms with Crippen LogP contribution in [0.15, 0.2) is 461 Å². The van der Waals surface area contributed by atoms with Crippen LogP contribution in [-0.2, 0) is 0 Å². The van der Waals surface area contributed by atoms with E-state index in [0.29, 0.717) is 27.8 Å². The summed E-state index contributed by atoms with van der Waals surface area (Å²) in [6.07, 6.45) is 0. The highest BCUT2D eigenvalue weighted by atomic mass is 15.1. The molecule has 0 fully saturated rings. The molecule has 0 spiro atoms. The minimum absolute atomic E-state index is 0.578. The van der Waals surface area contributed by atoms with E-state index in [2.05, 4.69) is 411 Å². The predicted octanol–water partition coefficient (Wildman–Crippen LogP) is 32.3. The topological polar surface area (TPSA) is 163 Å². The maximum atomic E-state index is 10.8. The molecule has 0 unspecified atom stereocenters. The van der Waals surface area contributed by atoms with E-state index in [0.717, 1.165) is 177 Å². The smallest absolute Gasteiger partial charge is 0.101 e. The van der Waals surface area contributed by atoms with E-state index in [4.69, 9.17) is 0 Å². The van der Waals surface area contributed by atoms with Crippen LogP contribution in [-0.4, -0.2) is 41.1 Å². The lowest BCUT2D eigenvalue weighted by molar-refractivity contribution is 1.17. The average Bonchev–Trinajstić information content (AvgIpc) is 1.52. The Morgan fingerprint density at radius 1 is 0.131 bits per heavy atom. The molecule has 0 bridgehead atoms. The number of hydrogen-bond donors (Lipinski definition) is 0. The minimum Gasteiger partial charge on any atom is -0.309 e. The third kappa shape index (κ3) is 12.2. The van der Waals surface area contributed by atoms with E-state index in [9.17, 15) is 26.3 Å². The van der Waals surface area contributed by atoms with Gasteiger partial charge in [-0.15, -0.1) is 0 Å². The predicted molar refractivity (Wildman–Crippen MR) is 592 cm³/mol. The molecule has 30 aromatic rings. The van der Waals surface area contributed by atoms with Gasteiger partial charge in [0.15, 0.2) is 0 Å². The monoisotopic (exact) mass is 1840 g/mol. The average molecular weight is 1850 g/mol. The highest BCUT2D eigenvalue weighted by Gasteiger charge is 2.32. The van der Waals surface area contributed by atoms with Gasteiger partial charge in [0.05, 0.1) is 151 Å². The summed E-state index contributed by atoms with van der Waals surface area (Å²) in [6.45, 7) is 0. The van der Waals surface area contributed by atoms with E-state index in [1.54, 1.807) is 0 Å². The number of rotatable bonds is 9. The summed E-state index contributed by atoms with van der Waals surface area (Å²) in [5.74, 6) is 0. The summed E-state index contributed by atoms with van der Waals surface area (Å²) in [5, 5.41) is 70.5. The van der Waals surface area contributed by atoms with Crippen LogP contribution < -0.4 is 0 Å². The van der Waals surface area contributed by atoms with Crippen LogP contribution in [0.25, 0.3) is 247 Å². The van der Waals surface area contributed by atoms with Crippen molar-refractivity contribution in [3.8, 4) is 81.5 Å². The molecule has 0 N–H and O–H groups in total. The Morgan fingerprint density at radius 3 is 0.648 bits per heavy atom. The minimum atomic E-state index is 0.578. The Hall–Kier alpha value is -20.7. The lowest BCUT2D eigenvalue weighted by Gasteiger charge is -2.13. The first-order valence-corrected chi connectivity index (χ1v) is 48.3. The first-order valence-electron chi connectivity index (χ1n) is 48.3. The maximum Gasteiger partial charge on any atom is 0.101 e. The summed E-state index contributed by atoms with van der Waals surface area (Å²) in [7, 11) is 0. The molecule has 21 aromatic carbocycles. The molecule has 670 valence electrons. The van der Waals surface area contributed by atoms with E-state index in [1.165, 1.54) is 70.5 Å².